The third-order valence-electron chi connectivity index (χ3n) is 4.71. The van der Waals surface area contributed by atoms with Crippen LogP contribution in [0.25, 0.3) is 11.3 Å². The summed E-state index contributed by atoms with van der Waals surface area (Å²) in [6.45, 7) is 0.110. The number of benzene rings is 2. The Kier molecular flexibility index (Phi) is 5.00. The molecule has 1 aliphatic carbocycles. The van der Waals surface area contributed by atoms with Crippen LogP contribution in [0.15, 0.2) is 54.6 Å². The summed E-state index contributed by atoms with van der Waals surface area (Å²) in [7, 11) is 0. The number of hydrogen-bond acceptors (Lipinski definition) is 3. The van der Waals surface area contributed by atoms with E-state index in [0.29, 0.717) is 16.9 Å². The highest BCUT2D eigenvalue weighted by molar-refractivity contribution is 5.91. The zero-order valence-corrected chi connectivity index (χ0v) is 15.3. The fourth-order valence-electron chi connectivity index (χ4n) is 3.04. The van der Waals surface area contributed by atoms with Crippen LogP contribution < -0.4 is 5.32 Å². The lowest BCUT2D eigenvalue weighted by Crippen LogP contribution is -2.14. The summed E-state index contributed by atoms with van der Waals surface area (Å²) in [5.74, 6) is 0.245. The topological polar surface area (TPSA) is 67.0 Å². The van der Waals surface area contributed by atoms with Crippen molar-refractivity contribution in [2.45, 2.75) is 31.5 Å². The predicted molar refractivity (Wildman–Crippen MR) is 101 cm³/mol. The standard InChI is InChI=1S/C21H18F3N3O2/c22-21(23,24)16-10-8-15(9-11-16)18-19(17(26-27-18)14-6-7-14)25-20(28)29-12-13-4-2-1-3-5-13/h1-5,8-11,14H,6-7,12H2,(H,25,28)(H,26,27). The second kappa shape index (κ2) is 7.62. The van der Waals surface area contributed by atoms with Crippen molar-refractivity contribution in [1.82, 2.24) is 10.2 Å². The molecule has 1 amide bonds. The van der Waals surface area contributed by atoms with Gasteiger partial charge in [-0.15, -0.1) is 0 Å². The minimum atomic E-state index is -4.41. The van der Waals surface area contributed by atoms with Crippen molar-refractivity contribution in [3.63, 3.8) is 0 Å². The minimum absolute atomic E-state index is 0.110. The Morgan fingerprint density at radius 1 is 1.10 bits per heavy atom. The maximum absolute atomic E-state index is 12.8. The minimum Gasteiger partial charge on any atom is -0.444 e. The molecule has 1 heterocycles. The van der Waals surface area contributed by atoms with Gasteiger partial charge in [0.1, 0.15) is 12.3 Å². The van der Waals surface area contributed by atoms with Crippen molar-refractivity contribution >= 4 is 11.8 Å². The summed E-state index contributed by atoms with van der Waals surface area (Å²) in [5, 5.41) is 9.87. The third-order valence-corrected chi connectivity index (χ3v) is 4.71. The molecule has 0 bridgehead atoms. The molecule has 1 fully saturated rings. The molecule has 0 unspecified atom stereocenters. The van der Waals surface area contributed by atoms with E-state index < -0.39 is 17.8 Å². The van der Waals surface area contributed by atoms with E-state index in [9.17, 15) is 18.0 Å². The fraction of sp³-hybridized carbons (Fsp3) is 0.238. The highest BCUT2D eigenvalue weighted by Crippen LogP contribution is 2.45. The summed E-state index contributed by atoms with van der Waals surface area (Å²) in [6, 6.07) is 13.9. The van der Waals surface area contributed by atoms with Crippen molar-refractivity contribution < 1.29 is 22.7 Å². The highest BCUT2D eigenvalue weighted by atomic mass is 19.4. The number of nitrogens with zero attached hydrogens (tertiary/aromatic N) is 1. The van der Waals surface area contributed by atoms with Gasteiger partial charge in [0, 0.05) is 11.5 Å². The average molecular weight is 401 g/mol. The van der Waals surface area contributed by atoms with Crippen LogP contribution in [-0.2, 0) is 17.5 Å². The number of nitrogens with one attached hydrogen (secondary N) is 2. The Bertz CT molecular complexity index is 994. The SMILES string of the molecule is O=C(Nc1c(-c2ccc(C(F)(F)F)cc2)n[nH]c1C1CC1)OCc1ccccc1. The van der Waals surface area contributed by atoms with Gasteiger partial charge in [0.25, 0.3) is 0 Å². The zero-order chi connectivity index (χ0) is 20.4. The number of halogens is 3. The number of alkyl halides is 3. The molecule has 2 aromatic carbocycles. The first-order valence-corrected chi connectivity index (χ1v) is 9.15. The first-order chi connectivity index (χ1) is 13.9. The predicted octanol–water partition coefficient (Wildman–Crippen LogP) is 5.72. The van der Waals surface area contributed by atoms with Crippen LogP contribution >= 0.6 is 0 Å². The molecule has 1 aliphatic rings. The molecule has 0 radical (unpaired) electrons. The van der Waals surface area contributed by atoms with Crippen molar-refractivity contribution in [3.8, 4) is 11.3 Å². The lowest BCUT2D eigenvalue weighted by atomic mass is 10.1. The molecule has 2 N–H and O–H groups in total. The molecule has 150 valence electrons. The fourth-order valence-corrected chi connectivity index (χ4v) is 3.04. The van der Waals surface area contributed by atoms with E-state index in [0.717, 1.165) is 36.2 Å². The Labute approximate surface area is 164 Å². The molecule has 1 saturated carbocycles. The average Bonchev–Trinajstić information content (AvgIpc) is 3.47. The molecule has 0 aliphatic heterocycles. The number of H-pyrrole nitrogens is 1. The largest absolute Gasteiger partial charge is 0.444 e. The van der Waals surface area contributed by atoms with Crippen LogP contribution in [0.1, 0.15) is 35.6 Å². The van der Waals surface area contributed by atoms with E-state index in [1.807, 2.05) is 30.3 Å². The first kappa shape index (κ1) is 19.0. The Hall–Kier alpha value is -3.29. The lowest BCUT2D eigenvalue weighted by molar-refractivity contribution is -0.137. The van der Waals surface area contributed by atoms with Crippen molar-refractivity contribution in [2.75, 3.05) is 5.32 Å². The van der Waals surface area contributed by atoms with E-state index in [-0.39, 0.29) is 12.5 Å². The molecule has 4 rings (SSSR count). The second-order valence-electron chi connectivity index (χ2n) is 6.90. The third kappa shape index (κ3) is 4.42. The van der Waals surface area contributed by atoms with Gasteiger partial charge in [-0.25, -0.2) is 4.79 Å². The van der Waals surface area contributed by atoms with Crippen molar-refractivity contribution in [2.24, 2.45) is 0 Å². The number of hydrogen-bond donors (Lipinski definition) is 2. The Morgan fingerprint density at radius 3 is 2.41 bits per heavy atom. The van der Waals surface area contributed by atoms with E-state index in [4.69, 9.17) is 4.74 Å². The van der Waals surface area contributed by atoms with Crippen LogP contribution in [0, 0.1) is 0 Å². The van der Waals surface area contributed by atoms with Crippen LogP contribution in [0.4, 0.5) is 23.7 Å². The number of anilines is 1. The molecule has 3 aromatic rings. The van der Waals surface area contributed by atoms with Gasteiger partial charge in [-0.05, 0) is 30.5 Å². The number of carbonyl (C=O) groups excluding carboxylic acids is 1. The molecule has 8 heteroatoms. The van der Waals surface area contributed by atoms with Crippen LogP contribution in [0.2, 0.25) is 0 Å². The van der Waals surface area contributed by atoms with Gasteiger partial charge < -0.3 is 4.74 Å². The van der Waals surface area contributed by atoms with E-state index in [1.54, 1.807) is 0 Å². The van der Waals surface area contributed by atoms with Gasteiger partial charge in [0.2, 0.25) is 0 Å². The first-order valence-electron chi connectivity index (χ1n) is 9.15. The van der Waals surface area contributed by atoms with Gasteiger partial charge in [0.05, 0.1) is 16.9 Å². The highest BCUT2D eigenvalue weighted by Gasteiger charge is 2.32. The Morgan fingerprint density at radius 2 is 1.79 bits per heavy atom. The number of aromatic nitrogens is 2. The van der Waals surface area contributed by atoms with E-state index >= 15 is 0 Å². The van der Waals surface area contributed by atoms with Gasteiger partial charge in [0.15, 0.2) is 0 Å². The molecule has 29 heavy (non-hydrogen) atoms. The quantitative estimate of drug-likeness (QED) is 0.574. The Balaban J connectivity index is 1.54. The summed E-state index contributed by atoms with van der Waals surface area (Å²) in [4.78, 5) is 12.3. The van der Waals surface area contributed by atoms with Gasteiger partial charge in [-0.3, -0.25) is 10.4 Å². The van der Waals surface area contributed by atoms with Crippen LogP contribution in [-0.4, -0.2) is 16.3 Å². The molecular formula is C21H18F3N3O2. The smallest absolute Gasteiger partial charge is 0.416 e. The zero-order valence-electron chi connectivity index (χ0n) is 15.3. The van der Waals surface area contributed by atoms with E-state index in [2.05, 4.69) is 15.5 Å². The number of aromatic amines is 1. The van der Waals surface area contributed by atoms with Gasteiger partial charge in [-0.1, -0.05) is 42.5 Å². The van der Waals surface area contributed by atoms with E-state index in [1.165, 1.54) is 12.1 Å². The summed E-state index contributed by atoms with van der Waals surface area (Å²) in [6.07, 6.45) is -3.14. The molecule has 5 nitrogen and oxygen atoms in total. The maximum atomic E-state index is 12.8. The van der Waals surface area contributed by atoms with Gasteiger partial charge in [-0.2, -0.15) is 18.3 Å². The molecule has 0 atom stereocenters. The van der Waals surface area contributed by atoms with Crippen molar-refractivity contribution in [1.29, 1.82) is 0 Å². The number of amides is 1. The van der Waals surface area contributed by atoms with Crippen LogP contribution in [0.5, 0.6) is 0 Å². The summed E-state index contributed by atoms with van der Waals surface area (Å²) >= 11 is 0. The number of carbonyl (C=O) groups is 1. The molecule has 0 spiro atoms. The van der Waals surface area contributed by atoms with Crippen LogP contribution in [0.3, 0.4) is 0 Å². The van der Waals surface area contributed by atoms with Crippen molar-refractivity contribution in [3.05, 3.63) is 71.4 Å². The normalized spacial score (nSPS) is 13.9. The number of ether oxygens (including phenoxy) is 1. The molecule has 1 aromatic heterocycles. The lowest BCUT2D eigenvalue weighted by Gasteiger charge is -2.10. The summed E-state index contributed by atoms with van der Waals surface area (Å²) in [5.41, 5.74) is 2.18. The summed E-state index contributed by atoms with van der Waals surface area (Å²) < 4.78 is 43.7. The van der Waals surface area contributed by atoms with Gasteiger partial charge >= 0.3 is 12.3 Å². The second-order valence-corrected chi connectivity index (χ2v) is 6.90. The number of rotatable bonds is 5. The molecule has 0 saturated heterocycles. The maximum Gasteiger partial charge on any atom is 0.416 e. The monoisotopic (exact) mass is 401 g/mol. The molecular weight excluding hydrogens is 383 g/mol.